The normalized spacial score (nSPS) is 15.2. The first-order chi connectivity index (χ1) is 14.9. The lowest BCUT2D eigenvalue weighted by atomic mass is 10.0. The maximum atomic E-state index is 12.9. The summed E-state index contributed by atoms with van der Waals surface area (Å²) in [7, 11) is -3.66. The van der Waals surface area contributed by atoms with Gasteiger partial charge in [0.05, 0.1) is 11.3 Å². The number of carbonyl (C=O) groups is 2. The fraction of sp³-hybridized carbons (Fsp3) is 0.250. The summed E-state index contributed by atoms with van der Waals surface area (Å²) in [6.07, 6.45) is 0.292. The van der Waals surface area contributed by atoms with E-state index in [1.807, 2.05) is 42.5 Å². The Kier molecular flexibility index (Phi) is 5.89. The Morgan fingerprint density at radius 2 is 1.48 bits per heavy atom. The molecule has 0 radical (unpaired) electrons. The van der Waals surface area contributed by atoms with Crippen LogP contribution in [-0.4, -0.2) is 55.5 Å². The van der Waals surface area contributed by atoms with Gasteiger partial charge < -0.3 is 4.90 Å². The van der Waals surface area contributed by atoms with Crippen molar-refractivity contribution in [2.45, 2.75) is 18.2 Å². The second-order valence-electron chi connectivity index (χ2n) is 7.68. The summed E-state index contributed by atoms with van der Waals surface area (Å²) < 4.78 is 27.2. The SMILES string of the molecule is CC(=O)c1ccc(S(=O)(=O)N2CCN(C(=O)Cc3cccc4ccccc34)CC2)cc1. The van der Waals surface area contributed by atoms with Gasteiger partial charge in [-0.1, -0.05) is 54.6 Å². The van der Waals surface area contributed by atoms with E-state index in [9.17, 15) is 18.0 Å². The molecule has 1 heterocycles. The lowest BCUT2D eigenvalue weighted by Gasteiger charge is -2.34. The van der Waals surface area contributed by atoms with Crippen LogP contribution in [0, 0.1) is 0 Å². The van der Waals surface area contributed by atoms with Crippen molar-refractivity contribution in [3.05, 3.63) is 77.9 Å². The van der Waals surface area contributed by atoms with Crippen molar-refractivity contribution in [1.82, 2.24) is 9.21 Å². The number of carbonyl (C=O) groups excluding carboxylic acids is 2. The molecule has 0 unspecified atom stereocenters. The van der Waals surface area contributed by atoms with Crippen LogP contribution in [0.4, 0.5) is 0 Å². The third-order valence-electron chi connectivity index (χ3n) is 5.71. The van der Waals surface area contributed by atoms with E-state index in [4.69, 9.17) is 0 Å². The Morgan fingerprint density at radius 3 is 2.16 bits per heavy atom. The summed E-state index contributed by atoms with van der Waals surface area (Å²) >= 11 is 0. The van der Waals surface area contributed by atoms with E-state index in [1.54, 1.807) is 4.90 Å². The lowest BCUT2D eigenvalue weighted by Crippen LogP contribution is -2.50. The molecule has 1 aliphatic rings. The van der Waals surface area contributed by atoms with Crippen molar-refractivity contribution < 1.29 is 18.0 Å². The number of hydrogen-bond acceptors (Lipinski definition) is 4. The number of amides is 1. The molecule has 0 saturated carbocycles. The van der Waals surface area contributed by atoms with Crippen LogP contribution in [0.1, 0.15) is 22.8 Å². The van der Waals surface area contributed by atoms with E-state index in [0.29, 0.717) is 25.1 Å². The Bertz CT molecular complexity index is 1220. The van der Waals surface area contributed by atoms with Crippen molar-refractivity contribution in [1.29, 1.82) is 0 Å². The fourth-order valence-electron chi connectivity index (χ4n) is 3.91. The topological polar surface area (TPSA) is 74.8 Å². The minimum atomic E-state index is -3.66. The standard InChI is InChI=1S/C24H24N2O4S/c1-18(27)19-9-11-22(12-10-19)31(29,30)26-15-13-25(14-16-26)24(28)17-21-7-4-6-20-5-2-3-8-23(20)21/h2-12H,13-17H2,1H3. The number of piperazine rings is 1. The molecule has 0 atom stereocenters. The smallest absolute Gasteiger partial charge is 0.243 e. The monoisotopic (exact) mass is 436 g/mol. The van der Waals surface area contributed by atoms with Gasteiger partial charge in [-0.25, -0.2) is 8.42 Å². The van der Waals surface area contributed by atoms with Crippen LogP contribution in [-0.2, 0) is 21.2 Å². The molecule has 1 saturated heterocycles. The molecule has 0 aliphatic carbocycles. The van der Waals surface area contributed by atoms with Crippen LogP contribution in [0.2, 0.25) is 0 Å². The molecule has 1 amide bonds. The Morgan fingerprint density at radius 1 is 0.839 bits per heavy atom. The van der Waals surface area contributed by atoms with E-state index in [0.717, 1.165) is 16.3 Å². The Balaban J connectivity index is 1.42. The van der Waals surface area contributed by atoms with Gasteiger partial charge in [0.15, 0.2) is 5.78 Å². The zero-order chi connectivity index (χ0) is 22.0. The van der Waals surface area contributed by atoms with Crippen LogP contribution < -0.4 is 0 Å². The van der Waals surface area contributed by atoms with Gasteiger partial charge in [0, 0.05) is 31.7 Å². The predicted octanol–water partition coefficient (Wildman–Crippen LogP) is 3.12. The van der Waals surface area contributed by atoms with Gasteiger partial charge >= 0.3 is 0 Å². The van der Waals surface area contributed by atoms with E-state index in [1.165, 1.54) is 35.5 Å². The van der Waals surface area contributed by atoms with Crippen molar-refractivity contribution in [2.75, 3.05) is 26.2 Å². The van der Waals surface area contributed by atoms with E-state index < -0.39 is 10.0 Å². The number of nitrogens with zero attached hydrogens (tertiary/aromatic N) is 2. The van der Waals surface area contributed by atoms with Crippen molar-refractivity contribution >= 4 is 32.5 Å². The van der Waals surface area contributed by atoms with Gasteiger partial charge in [0.1, 0.15) is 0 Å². The van der Waals surface area contributed by atoms with Crippen LogP contribution >= 0.6 is 0 Å². The number of benzene rings is 3. The number of rotatable bonds is 5. The van der Waals surface area contributed by atoms with Crippen molar-refractivity contribution in [3.63, 3.8) is 0 Å². The average Bonchev–Trinajstić information content (AvgIpc) is 2.79. The number of ketones is 1. The highest BCUT2D eigenvalue weighted by atomic mass is 32.2. The third-order valence-corrected chi connectivity index (χ3v) is 7.62. The molecule has 31 heavy (non-hydrogen) atoms. The van der Waals surface area contributed by atoms with Crippen LogP contribution in [0.15, 0.2) is 71.6 Å². The maximum Gasteiger partial charge on any atom is 0.243 e. The van der Waals surface area contributed by atoms with Gasteiger partial charge in [-0.15, -0.1) is 0 Å². The highest BCUT2D eigenvalue weighted by molar-refractivity contribution is 7.89. The maximum absolute atomic E-state index is 12.9. The number of Topliss-reactive ketones (excluding diaryl/α,β-unsaturated/α-hetero) is 1. The average molecular weight is 437 g/mol. The molecule has 0 N–H and O–H groups in total. The molecule has 1 fully saturated rings. The van der Waals surface area contributed by atoms with Gasteiger partial charge in [-0.2, -0.15) is 4.31 Å². The highest BCUT2D eigenvalue weighted by Gasteiger charge is 2.30. The number of hydrogen-bond donors (Lipinski definition) is 0. The molecular weight excluding hydrogens is 412 g/mol. The first-order valence-electron chi connectivity index (χ1n) is 10.2. The van der Waals surface area contributed by atoms with Crippen LogP contribution in [0.25, 0.3) is 10.8 Å². The zero-order valence-electron chi connectivity index (χ0n) is 17.3. The van der Waals surface area contributed by atoms with E-state index in [2.05, 4.69) is 0 Å². The van der Waals surface area contributed by atoms with Gasteiger partial charge in [0.25, 0.3) is 0 Å². The molecule has 1 aliphatic heterocycles. The second kappa shape index (κ2) is 8.61. The van der Waals surface area contributed by atoms with E-state index in [-0.39, 0.29) is 29.7 Å². The first-order valence-corrected chi connectivity index (χ1v) is 11.7. The summed E-state index contributed by atoms with van der Waals surface area (Å²) in [4.78, 5) is 26.2. The van der Waals surface area contributed by atoms with E-state index >= 15 is 0 Å². The second-order valence-corrected chi connectivity index (χ2v) is 9.62. The summed E-state index contributed by atoms with van der Waals surface area (Å²) in [6.45, 7) is 2.65. The highest BCUT2D eigenvalue weighted by Crippen LogP contribution is 2.21. The molecule has 4 rings (SSSR count). The quantitative estimate of drug-likeness (QED) is 0.576. The summed E-state index contributed by atoms with van der Waals surface area (Å²) in [5.41, 5.74) is 1.45. The molecule has 0 spiro atoms. The predicted molar refractivity (Wildman–Crippen MR) is 119 cm³/mol. The molecule has 6 nitrogen and oxygen atoms in total. The van der Waals surface area contributed by atoms with Gasteiger partial charge in [-0.05, 0) is 35.4 Å². The van der Waals surface area contributed by atoms with Crippen molar-refractivity contribution in [3.8, 4) is 0 Å². The third kappa shape index (κ3) is 4.38. The summed E-state index contributed by atoms with van der Waals surface area (Å²) in [5.74, 6) is -0.110. The Hall–Kier alpha value is -3.03. The summed E-state index contributed by atoms with van der Waals surface area (Å²) in [6, 6.07) is 19.9. The fourth-order valence-corrected chi connectivity index (χ4v) is 5.33. The van der Waals surface area contributed by atoms with Gasteiger partial charge in [0.2, 0.25) is 15.9 Å². The molecular formula is C24H24N2O4S. The molecule has 3 aromatic carbocycles. The molecule has 3 aromatic rings. The lowest BCUT2D eigenvalue weighted by molar-refractivity contribution is -0.131. The molecule has 0 aromatic heterocycles. The van der Waals surface area contributed by atoms with Crippen LogP contribution in [0.3, 0.4) is 0 Å². The minimum absolute atomic E-state index is 0.000730. The van der Waals surface area contributed by atoms with Gasteiger partial charge in [-0.3, -0.25) is 9.59 Å². The number of sulfonamides is 1. The molecule has 160 valence electrons. The molecule has 0 bridgehead atoms. The minimum Gasteiger partial charge on any atom is -0.340 e. The number of fused-ring (bicyclic) bond motifs is 1. The van der Waals surface area contributed by atoms with Crippen molar-refractivity contribution in [2.24, 2.45) is 0 Å². The summed E-state index contributed by atoms with van der Waals surface area (Å²) in [5, 5.41) is 2.16. The first kappa shape index (κ1) is 21.2. The molecule has 7 heteroatoms. The largest absolute Gasteiger partial charge is 0.340 e. The van der Waals surface area contributed by atoms with Crippen LogP contribution in [0.5, 0.6) is 0 Å². The zero-order valence-corrected chi connectivity index (χ0v) is 18.1. The Labute approximate surface area is 182 Å².